The fraction of sp³-hybridized carbons (Fsp3) is 0.308. The Balaban J connectivity index is 1.73. The van der Waals surface area contributed by atoms with E-state index in [2.05, 4.69) is 18.7 Å². The van der Waals surface area contributed by atoms with Gasteiger partial charge in [-0.1, -0.05) is 55.1 Å². The van der Waals surface area contributed by atoms with Crippen molar-refractivity contribution in [3.05, 3.63) is 89.6 Å². The average Bonchev–Trinajstić information content (AvgIpc) is 2.77. The minimum absolute atomic E-state index is 0.0160. The molecule has 0 saturated heterocycles. The molecule has 0 spiro atoms. The molecule has 2 aromatic rings. The van der Waals surface area contributed by atoms with Crippen LogP contribution in [0.2, 0.25) is 0 Å². The lowest BCUT2D eigenvalue weighted by Crippen LogP contribution is -2.47. The molecule has 0 radical (unpaired) electrons. The number of hydrogen-bond acceptors (Lipinski definition) is 4. The second kappa shape index (κ2) is 8.90. The summed E-state index contributed by atoms with van der Waals surface area (Å²) in [7, 11) is 3.70. The molecule has 160 valence electrons. The molecule has 0 aromatic heterocycles. The Labute approximate surface area is 183 Å². The number of benzene rings is 2. The van der Waals surface area contributed by atoms with Crippen molar-refractivity contribution in [3.8, 4) is 5.75 Å². The highest BCUT2D eigenvalue weighted by Gasteiger charge is 2.42. The van der Waals surface area contributed by atoms with Gasteiger partial charge in [0.1, 0.15) is 12.4 Å². The van der Waals surface area contributed by atoms with Crippen molar-refractivity contribution in [3.63, 3.8) is 0 Å². The first-order valence-electron chi connectivity index (χ1n) is 10.6. The van der Waals surface area contributed by atoms with E-state index in [1.54, 1.807) is 16.1 Å². The molecule has 1 heterocycles. The number of ether oxygens (including phenoxy) is 1. The number of Topliss-reactive ketones (excluding diaryl/α,β-unsaturated/α-hetero) is 1. The van der Waals surface area contributed by atoms with Gasteiger partial charge in [0.05, 0.1) is 0 Å². The summed E-state index contributed by atoms with van der Waals surface area (Å²) in [4.78, 5) is 26.6. The number of ketones is 1. The standard InChI is InChI=1S/C26H28N2O3/c1-4-14-31-21-12-10-19(11-13-21)22-17-25(30)28(27(2)3)23-15-20(16-24(29)26(22)23)18-8-6-5-7-9-18/h4-13,20,22H,1,14-17H2,2-3H3/t20-,22-/m0/s1. The van der Waals surface area contributed by atoms with Crippen LogP contribution in [0.3, 0.4) is 0 Å². The second-order valence-corrected chi connectivity index (χ2v) is 8.28. The highest BCUT2D eigenvalue weighted by molar-refractivity contribution is 6.02. The first-order chi connectivity index (χ1) is 15.0. The molecule has 0 fully saturated rings. The molecule has 0 unspecified atom stereocenters. The highest BCUT2D eigenvalue weighted by Crippen LogP contribution is 2.45. The monoisotopic (exact) mass is 416 g/mol. The molecule has 1 aliphatic heterocycles. The molecular formula is C26H28N2O3. The van der Waals surface area contributed by atoms with Crippen LogP contribution in [-0.4, -0.2) is 42.4 Å². The SMILES string of the molecule is C=CCOc1ccc([C@@H]2CC(=O)N(N(C)C)C3=C2C(=O)C[C@@H](c2ccccc2)C3)cc1. The lowest BCUT2D eigenvalue weighted by molar-refractivity contribution is -0.143. The predicted octanol–water partition coefficient (Wildman–Crippen LogP) is 4.44. The van der Waals surface area contributed by atoms with E-state index in [1.807, 2.05) is 56.6 Å². The Kier molecular flexibility index (Phi) is 6.05. The number of amides is 1. The number of carbonyl (C=O) groups is 2. The molecule has 5 heteroatoms. The molecule has 4 rings (SSSR count). The molecule has 2 atom stereocenters. The fourth-order valence-corrected chi connectivity index (χ4v) is 4.68. The van der Waals surface area contributed by atoms with Crippen LogP contribution in [0, 0.1) is 0 Å². The van der Waals surface area contributed by atoms with Crippen LogP contribution in [0.5, 0.6) is 5.75 Å². The topological polar surface area (TPSA) is 49.9 Å². The van der Waals surface area contributed by atoms with Crippen LogP contribution in [0.4, 0.5) is 0 Å². The molecule has 5 nitrogen and oxygen atoms in total. The summed E-state index contributed by atoms with van der Waals surface area (Å²) < 4.78 is 5.58. The van der Waals surface area contributed by atoms with E-state index >= 15 is 0 Å². The van der Waals surface area contributed by atoms with Crippen molar-refractivity contribution in [2.24, 2.45) is 0 Å². The summed E-state index contributed by atoms with van der Waals surface area (Å²) in [6.45, 7) is 4.10. The summed E-state index contributed by atoms with van der Waals surface area (Å²) in [6.07, 6.45) is 3.12. The summed E-state index contributed by atoms with van der Waals surface area (Å²) in [5.74, 6) is 0.746. The van der Waals surface area contributed by atoms with E-state index in [0.717, 1.165) is 28.1 Å². The Morgan fingerprint density at radius 3 is 2.35 bits per heavy atom. The molecule has 0 bridgehead atoms. The summed E-state index contributed by atoms with van der Waals surface area (Å²) in [6, 6.07) is 17.8. The maximum absolute atomic E-state index is 13.4. The Morgan fingerprint density at radius 2 is 1.71 bits per heavy atom. The van der Waals surface area contributed by atoms with Gasteiger partial charge in [-0.25, -0.2) is 10.0 Å². The number of rotatable bonds is 6. The van der Waals surface area contributed by atoms with Crippen LogP contribution in [0.25, 0.3) is 0 Å². The quantitative estimate of drug-likeness (QED) is 0.653. The molecule has 0 saturated carbocycles. The van der Waals surface area contributed by atoms with Gasteiger partial charge in [-0.05, 0) is 35.6 Å². The summed E-state index contributed by atoms with van der Waals surface area (Å²) in [5.41, 5.74) is 3.72. The smallest absolute Gasteiger partial charge is 0.242 e. The maximum Gasteiger partial charge on any atom is 0.242 e. The Hall–Kier alpha value is -3.18. The van der Waals surface area contributed by atoms with Crippen molar-refractivity contribution >= 4 is 11.7 Å². The minimum atomic E-state index is -0.226. The highest BCUT2D eigenvalue weighted by atomic mass is 16.5. The van der Waals surface area contributed by atoms with Gasteiger partial charge in [-0.15, -0.1) is 0 Å². The Bertz CT molecular complexity index is 1010. The molecule has 1 amide bonds. The van der Waals surface area contributed by atoms with E-state index in [0.29, 0.717) is 19.4 Å². The van der Waals surface area contributed by atoms with Gasteiger partial charge < -0.3 is 4.74 Å². The van der Waals surface area contributed by atoms with Crippen LogP contribution in [0.1, 0.15) is 42.2 Å². The molecule has 2 aromatic carbocycles. The van der Waals surface area contributed by atoms with Crippen LogP contribution in [0.15, 0.2) is 78.5 Å². The molecule has 2 aliphatic rings. The minimum Gasteiger partial charge on any atom is -0.490 e. The zero-order valence-corrected chi connectivity index (χ0v) is 18.1. The van der Waals surface area contributed by atoms with Gasteiger partial charge in [-0.3, -0.25) is 9.59 Å². The van der Waals surface area contributed by atoms with E-state index in [4.69, 9.17) is 4.74 Å². The first kappa shape index (κ1) is 21.1. The van der Waals surface area contributed by atoms with Crippen molar-refractivity contribution in [2.45, 2.75) is 31.1 Å². The Morgan fingerprint density at radius 1 is 1.00 bits per heavy atom. The summed E-state index contributed by atoms with van der Waals surface area (Å²) >= 11 is 0. The first-order valence-corrected chi connectivity index (χ1v) is 10.6. The number of carbonyl (C=O) groups excluding carboxylic acids is 2. The van der Waals surface area contributed by atoms with Crippen LogP contribution < -0.4 is 4.74 Å². The van der Waals surface area contributed by atoms with Gasteiger partial charge in [0, 0.05) is 44.1 Å². The molecule has 31 heavy (non-hydrogen) atoms. The number of allylic oxidation sites excluding steroid dienone is 2. The lowest BCUT2D eigenvalue weighted by atomic mass is 9.73. The van der Waals surface area contributed by atoms with Gasteiger partial charge >= 0.3 is 0 Å². The zero-order valence-electron chi connectivity index (χ0n) is 18.1. The average molecular weight is 417 g/mol. The van der Waals surface area contributed by atoms with E-state index < -0.39 is 0 Å². The fourth-order valence-electron chi connectivity index (χ4n) is 4.68. The van der Waals surface area contributed by atoms with Gasteiger partial charge in [0.25, 0.3) is 0 Å². The number of hydrazine groups is 1. The third kappa shape index (κ3) is 4.19. The molecule has 1 aliphatic carbocycles. The van der Waals surface area contributed by atoms with Crippen molar-refractivity contribution in [1.82, 2.24) is 10.0 Å². The zero-order chi connectivity index (χ0) is 22.0. The van der Waals surface area contributed by atoms with Crippen molar-refractivity contribution in [2.75, 3.05) is 20.7 Å². The van der Waals surface area contributed by atoms with E-state index in [1.165, 1.54) is 0 Å². The van der Waals surface area contributed by atoms with Crippen LogP contribution in [-0.2, 0) is 9.59 Å². The molecular weight excluding hydrogens is 388 g/mol. The van der Waals surface area contributed by atoms with Gasteiger partial charge in [0.2, 0.25) is 5.91 Å². The number of hydrogen-bond donors (Lipinski definition) is 0. The van der Waals surface area contributed by atoms with E-state index in [9.17, 15) is 9.59 Å². The third-order valence-corrected chi connectivity index (χ3v) is 6.02. The number of nitrogens with zero attached hydrogens (tertiary/aromatic N) is 2. The normalized spacial score (nSPS) is 21.3. The summed E-state index contributed by atoms with van der Waals surface area (Å²) in [5, 5.41) is 3.49. The molecule has 0 N–H and O–H groups in total. The van der Waals surface area contributed by atoms with E-state index in [-0.39, 0.29) is 29.9 Å². The third-order valence-electron chi connectivity index (χ3n) is 6.02. The predicted molar refractivity (Wildman–Crippen MR) is 120 cm³/mol. The van der Waals surface area contributed by atoms with Gasteiger partial charge in [0.15, 0.2) is 5.78 Å². The maximum atomic E-state index is 13.4. The van der Waals surface area contributed by atoms with Crippen molar-refractivity contribution in [1.29, 1.82) is 0 Å². The largest absolute Gasteiger partial charge is 0.490 e. The van der Waals surface area contributed by atoms with Gasteiger partial charge in [-0.2, -0.15) is 0 Å². The lowest BCUT2D eigenvalue weighted by Gasteiger charge is -2.42. The van der Waals surface area contributed by atoms with Crippen molar-refractivity contribution < 1.29 is 14.3 Å². The second-order valence-electron chi connectivity index (χ2n) is 8.28. The van der Waals surface area contributed by atoms with Crippen LogP contribution >= 0.6 is 0 Å².